The largest absolute Gasteiger partial charge is 0.456 e. The van der Waals surface area contributed by atoms with Crippen LogP contribution in [0.25, 0.3) is 11.4 Å². The fraction of sp³-hybridized carbons (Fsp3) is 0.238. The first-order chi connectivity index (χ1) is 14.3. The van der Waals surface area contributed by atoms with Crippen LogP contribution in [0.3, 0.4) is 0 Å². The van der Waals surface area contributed by atoms with Gasteiger partial charge in [-0.1, -0.05) is 34.4 Å². The summed E-state index contributed by atoms with van der Waals surface area (Å²) < 4.78 is 10.2. The van der Waals surface area contributed by atoms with Crippen molar-refractivity contribution in [2.75, 3.05) is 11.9 Å². The number of carbonyl (C=O) groups excluding carboxylic acids is 2. The SMILES string of the molecule is Cc1cc(C)c(NC(=O)COC(=O)CCc2nc(-c3ccc(Cl)cc3)no2)c(Cl)c1. The van der Waals surface area contributed by atoms with Crippen LogP contribution in [0.15, 0.2) is 40.9 Å². The van der Waals surface area contributed by atoms with E-state index in [0.717, 1.165) is 16.7 Å². The highest BCUT2D eigenvalue weighted by Gasteiger charge is 2.14. The molecule has 9 heteroatoms. The van der Waals surface area contributed by atoms with Crippen molar-refractivity contribution in [1.29, 1.82) is 0 Å². The van der Waals surface area contributed by atoms with Crippen molar-refractivity contribution in [1.82, 2.24) is 10.1 Å². The fourth-order valence-corrected chi connectivity index (χ4v) is 3.24. The van der Waals surface area contributed by atoms with Crippen LogP contribution in [0.4, 0.5) is 5.69 Å². The quantitative estimate of drug-likeness (QED) is 0.523. The van der Waals surface area contributed by atoms with E-state index in [4.69, 9.17) is 32.5 Å². The number of esters is 1. The number of aryl methyl sites for hydroxylation is 3. The molecule has 0 radical (unpaired) electrons. The maximum atomic E-state index is 12.1. The third kappa shape index (κ3) is 5.81. The highest BCUT2D eigenvalue weighted by atomic mass is 35.5. The summed E-state index contributed by atoms with van der Waals surface area (Å²) >= 11 is 12.0. The lowest BCUT2D eigenvalue weighted by Gasteiger charge is -2.11. The van der Waals surface area contributed by atoms with Gasteiger partial charge in [-0.15, -0.1) is 0 Å². The van der Waals surface area contributed by atoms with Gasteiger partial charge >= 0.3 is 5.97 Å². The standard InChI is InChI=1S/C21H19Cl2N3O4/c1-12-9-13(2)20(16(23)10-12)24-17(27)11-29-19(28)8-7-18-25-21(26-30-18)14-3-5-15(22)6-4-14/h3-6,9-10H,7-8,11H2,1-2H3,(H,24,27). The molecule has 0 aliphatic carbocycles. The van der Waals surface area contributed by atoms with Crippen molar-refractivity contribution < 1.29 is 18.8 Å². The highest BCUT2D eigenvalue weighted by Crippen LogP contribution is 2.27. The molecule has 0 fully saturated rings. The molecule has 1 heterocycles. The topological polar surface area (TPSA) is 94.3 Å². The number of carbonyl (C=O) groups is 2. The van der Waals surface area contributed by atoms with E-state index >= 15 is 0 Å². The molecule has 3 rings (SSSR count). The Balaban J connectivity index is 1.46. The van der Waals surface area contributed by atoms with E-state index < -0.39 is 18.5 Å². The second-order valence-corrected chi connectivity index (χ2v) is 7.51. The maximum absolute atomic E-state index is 12.1. The molecule has 1 aromatic heterocycles. The van der Waals surface area contributed by atoms with Crippen molar-refractivity contribution in [3.63, 3.8) is 0 Å². The van der Waals surface area contributed by atoms with Gasteiger partial charge < -0.3 is 14.6 Å². The summed E-state index contributed by atoms with van der Waals surface area (Å²) in [4.78, 5) is 28.2. The van der Waals surface area contributed by atoms with Gasteiger partial charge in [0.25, 0.3) is 5.91 Å². The molecule has 30 heavy (non-hydrogen) atoms. The Morgan fingerprint density at radius 2 is 1.87 bits per heavy atom. The number of nitrogens with one attached hydrogen (secondary N) is 1. The predicted molar refractivity (Wildman–Crippen MR) is 114 cm³/mol. The van der Waals surface area contributed by atoms with Gasteiger partial charge in [0.05, 0.1) is 17.1 Å². The van der Waals surface area contributed by atoms with E-state index in [1.54, 1.807) is 30.3 Å². The molecule has 0 saturated carbocycles. The Labute approximate surface area is 183 Å². The van der Waals surface area contributed by atoms with Gasteiger partial charge in [-0.25, -0.2) is 0 Å². The van der Waals surface area contributed by atoms with Gasteiger partial charge in [-0.2, -0.15) is 4.98 Å². The summed E-state index contributed by atoms with van der Waals surface area (Å²) in [6, 6.07) is 10.6. The van der Waals surface area contributed by atoms with Crippen molar-refractivity contribution >= 4 is 40.8 Å². The Morgan fingerprint density at radius 3 is 2.57 bits per heavy atom. The Bertz CT molecular complexity index is 1040. The Kier molecular flexibility index (Phi) is 7.07. The molecule has 0 unspecified atom stereocenters. The van der Waals surface area contributed by atoms with E-state index in [0.29, 0.717) is 27.4 Å². The summed E-state index contributed by atoms with van der Waals surface area (Å²) in [5, 5.41) is 7.58. The van der Waals surface area contributed by atoms with Gasteiger partial charge in [0.15, 0.2) is 6.61 Å². The minimum Gasteiger partial charge on any atom is -0.456 e. The van der Waals surface area contributed by atoms with E-state index in [1.165, 1.54) is 0 Å². The molecule has 2 aromatic carbocycles. The second kappa shape index (κ2) is 9.73. The molecule has 156 valence electrons. The van der Waals surface area contributed by atoms with Crippen LogP contribution in [0.2, 0.25) is 10.0 Å². The fourth-order valence-electron chi connectivity index (χ4n) is 2.75. The molecule has 1 N–H and O–H groups in total. The second-order valence-electron chi connectivity index (χ2n) is 6.67. The van der Waals surface area contributed by atoms with Crippen molar-refractivity contribution in [2.45, 2.75) is 26.7 Å². The summed E-state index contributed by atoms with van der Waals surface area (Å²) in [7, 11) is 0. The van der Waals surface area contributed by atoms with Crippen LogP contribution >= 0.6 is 23.2 Å². The molecule has 0 saturated heterocycles. The molecule has 0 bridgehead atoms. The number of nitrogens with zero attached hydrogens (tertiary/aromatic N) is 2. The van der Waals surface area contributed by atoms with Gasteiger partial charge in [0, 0.05) is 17.0 Å². The monoisotopic (exact) mass is 447 g/mol. The zero-order chi connectivity index (χ0) is 21.7. The van der Waals surface area contributed by atoms with E-state index in [9.17, 15) is 9.59 Å². The van der Waals surface area contributed by atoms with Crippen LogP contribution in [-0.2, 0) is 20.7 Å². The molecule has 0 aliphatic rings. The summed E-state index contributed by atoms with van der Waals surface area (Å²) in [5.41, 5.74) is 3.07. The molecule has 7 nitrogen and oxygen atoms in total. The number of rotatable bonds is 7. The third-order valence-corrected chi connectivity index (χ3v) is 4.72. The van der Waals surface area contributed by atoms with Gasteiger partial charge in [-0.05, 0) is 55.3 Å². The normalized spacial score (nSPS) is 10.7. The van der Waals surface area contributed by atoms with Crippen molar-refractivity contribution in [3.05, 3.63) is 63.5 Å². The highest BCUT2D eigenvalue weighted by molar-refractivity contribution is 6.34. The van der Waals surface area contributed by atoms with Crippen LogP contribution < -0.4 is 5.32 Å². The van der Waals surface area contributed by atoms with E-state index in [1.807, 2.05) is 19.9 Å². The number of aromatic nitrogens is 2. The smallest absolute Gasteiger partial charge is 0.306 e. The average molecular weight is 448 g/mol. The number of anilines is 1. The first-order valence-electron chi connectivity index (χ1n) is 9.12. The predicted octanol–water partition coefficient (Wildman–Crippen LogP) is 4.77. The Hall–Kier alpha value is -2.90. The summed E-state index contributed by atoms with van der Waals surface area (Å²) in [5.74, 6) is -0.327. The van der Waals surface area contributed by atoms with Gasteiger partial charge in [-0.3, -0.25) is 9.59 Å². The first-order valence-corrected chi connectivity index (χ1v) is 9.88. The molecule has 0 spiro atoms. The minimum atomic E-state index is -0.553. The molecule has 0 aliphatic heterocycles. The van der Waals surface area contributed by atoms with Crippen molar-refractivity contribution in [2.24, 2.45) is 0 Å². The lowest BCUT2D eigenvalue weighted by molar-refractivity contribution is -0.147. The van der Waals surface area contributed by atoms with Crippen molar-refractivity contribution in [3.8, 4) is 11.4 Å². The zero-order valence-electron chi connectivity index (χ0n) is 16.4. The van der Waals surface area contributed by atoms with Crippen LogP contribution in [0.1, 0.15) is 23.4 Å². The summed E-state index contributed by atoms with van der Waals surface area (Å²) in [6.45, 7) is 3.33. The minimum absolute atomic E-state index is 0.000152. The number of hydrogen-bond donors (Lipinski definition) is 1. The molecule has 0 atom stereocenters. The van der Waals surface area contributed by atoms with Gasteiger partial charge in [0.1, 0.15) is 0 Å². The van der Waals surface area contributed by atoms with E-state index in [2.05, 4.69) is 15.5 Å². The first kappa shape index (κ1) is 21.8. The van der Waals surface area contributed by atoms with Gasteiger partial charge in [0.2, 0.25) is 11.7 Å². The average Bonchev–Trinajstić information content (AvgIpc) is 3.17. The molecule has 1 amide bonds. The number of amides is 1. The van der Waals surface area contributed by atoms with E-state index in [-0.39, 0.29) is 12.8 Å². The lowest BCUT2D eigenvalue weighted by atomic mass is 10.1. The lowest BCUT2D eigenvalue weighted by Crippen LogP contribution is -2.21. The molecular formula is C21H19Cl2N3O4. The zero-order valence-corrected chi connectivity index (χ0v) is 17.9. The number of halogens is 2. The number of ether oxygens (including phenoxy) is 1. The summed E-state index contributed by atoms with van der Waals surface area (Å²) in [6.07, 6.45) is 0.198. The Morgan fingerprint density at radius 1 is 1.13 bits per heavy atom. The molecule has 3 aromatic rings. The number of benzene rings is 2. The van der Waals surface area contributed by atoms with Crippen LogP contribution in [-0.4, -0.2) is 28.6 Å². The molecular weight excluding hydrogens is 429 g/mol. The van der Waals surface area contributed by atoms with Crippen LogP contribution in [0.5, 0.6) is 0 Å². The third-order valence-electron chi connectivity index (χ3n) is 4.17. The maximum Gasteiger partial charge on any atom is 0.306 e. The number of hydrogen-bond acceptors (Lipinski definition) is 6. The van der Waals surface area contributed by atoms with Crippen LogP contribution in [0, 0.1) is 13.8 Å².